The molecule has 2 heterocycles. The summed E-state index contributed by atoms with van der Waals surface area (Å²) in [6.07, 6.45) is 1.90. The number of fused-ring (bicyclic) bond motifs is 1. The van der Waals surface area contributed by atoms with Gasteiger partial charge in [-0.05, 0) is 18.9 Å². The topological polar surface area (TPSA) is 47.0 Å². The smallest absolute Gasteiger partial charge is 0.161 e. The minimum Gasteiger partial charge on any atom is -0.376 e. The van der Waals surface area contributed by atoms with Gasteiger partial charge >= 0.3 is 0 Å². The van der Waals surface area contributed by atoms with E-state index in [9.17, 15) is 0 Å². The van der Waals surface area contributed by atoms with Crippen LogP contribution >= 0.6 is 0 Å². The van der Waals surface area contributed by atoms with E-state index in [1.165, 1.54) is 5.56 Å². The predicted octanol–water partition coefficient (Wildman–Crippen LogP) is 3.21. The maximum Gasteiger partial charge on any atom is 0.161 e. The highest BCUT2D eigenvalue weighted by Gasteiger charge is 2.18. The third kappa shape index (κ3) is 2.90. The second-order valence-corrected chi connectivity index (χ2v) is 5.20. The van der Waals surface area contributed by atoms with Crippen LogP contribution in [0.3, 0.4) is 0 Å². The molecule has 21 heavy (non-hydrogen) atoms. The van der Waals surface area contributed by atoms with E-state index in [2.05, 4.69) is 43.4 Å². The fourth-order valence-electron chi connectivity index (χ4n) is 2.56. The van der Waals surface area contributed by atoms with E-state index in [1.54, 1.807) is 0 Å². The molecular formula is C17H21N3O. The maximum atomic E-state index is 5.54. The molecule has 0 aliphatic carbocycles. The zero-order valence-corrected chi connectivity index (χ0v) is 12.6. The monoisotopic (exact) mass is 283 g/mol. The molecule has 0 saturated heterocycles. The summed E-state index contributed by atoms with van der Waals surface area (Å²) < 4.78 is 5.54. The predicted molar refractivity (Wildman–Crippen MR) is 84.4 cm³/mol. The van der Waals surface area contributed by atoms with E-state index < -0.39 is 0 Å². The summed E-state index contributed by atoms with van der Waals surface area (Å²) in [5, 5.41) is 3.34. The third-order valence-electron chi connectivity index (χ3n) is 3.79. The van der Waals surface area contributed by atoms with Gasteiger partial charge in [0, 0.05) is 24.1 Å². The van der Waals surface area contributed by atoms with Crippen LogP contribution in [0.1, 0.15) is 30.7 Å². The molecule has 2 aromatic rings. The highest BCUT2D eigenvalue weighted by Crippen LogP contribution is 2.26. The van der Waals surface area contributed by atoms with E-state index in [-0.39, 0.29) is 0 Å². The maximum absolute atomic E-state index is 5.54. The van der Waals surface area contributed by atoms with E-state index in [0.29, 0.717) is 6.61 Å². The highest BCUT2D eigenvalue weighted by atomic mass is 16.5. The normalized spacial score (nSPS) is 13.8. The molecule has 110 valence electrons. The lowest BCUT2D eigenvalue weighted by Gasteiger charge is -2.20. The standard InChI is InChI=1S/C17H21N3O/c1-3-12-5-7-13(8-6-12)16-19-15-9-10-21-11-14(15)17(20-16)18-4-2/h5-8H,3-4,9-11H2,1-2H3,(H,18,19,20). The Labute approximate surface area is 125 Å². The number of anilines is 1. The van der Waals surface area contributed by atoms with Gasteiger partial charge in [-0.25, -0.2) is 9.97 Å². The first-order valence-corrected chi connectivity index (χ1v) is 7.62. The molecule has 0 amide bonds. The first-order valence-electron chi connectivity index (χ1n) is 7.62. The molecule has 1 aliphatic rings. The molecule has 0 saturated carbocycles. The average molecular weight is 283 g/mol. The van der Waals surface area contributed by atoms with Crippen molar-refractivity contribution < 1.29 is 4.74 Å². The molecule has 0 fully saturated rings. The Morgan fingerprint density at radius 2 is 1.95 bits per heavy atom. The molecule has 0 spiro atoms. The molecule has 0 unspecified atom stereocenters. The lowest BCUT2D eigenvalue weighted by molar-refractivity contribution is 0.109. The van der Waals surface area contributed by atoms with E-state index in [0.717, 1.165) is 54.5 Å². The molecule has 1 aromatic heterocycles. The number of hydrogen-bond acceptors (Lipinski definition) is 4. The fraction of sp³-hybridized carbons (Fsp3) is 0.412. The first kappa shape index (κ1) is 14.0. The van der Waals surface area contributed by atoms with Gasteiger partial charge in [-0.3, -0.25) is 0 Å². The molecule has 0 atom stereocenters. The quantitative estimate of drug-likeness (QED) is 0.936. The van der Waals surface area contributed by atoms with Crippen molar-refractivity contribution in [3.8, 4) is 11.4 Å². The highest BCUT2D eigenvalue weighted by molar-refractivity contribution is 5.60. The van der Waals surface area contributed by atoms with Crippen LogP contribution in [0.2, 0.25) is 0 Å². The molecule has 1 aliphatic heterocycles. The van der Waals surface area contributed by atoms with Gasteiger partial charge < -0.3 is 10.1 Å². The molecular weight excluding hydrogens is 262 g/mol. The van der Waals surface area contributed by atoms with Crippen LogP contribution in [0.5, 0.6) is 0 Å². The van der Waals surface area contributed by atoms with Crippen LogP contribution in [0.4, 0.5) is 5.82 Å². The molecule has 3 rings (SSSR count). The van der Waals surface area contributed by atoms with E-state index in [1.807, 2.05) is 0 Å². The number of nitrogens with one attached hydrogen (secondary N) is 1. The summed E-state index contributed by atoms with van der Waals surface area (Å²) >= 11 is 0. The Kier molecular flexibility index (Phi) is 4.15. The van der Waals surface area contributed by atoms with Gasteiger partial charge in [0.25, 0.3) is 0 Å². The third-order valence-corrected chi connectivity index (χ3v) is 3.79. The minimum atomic E-state index is 0.604. The molecule has 0 radical (unpaired) electrons. The van der Waals surface area contributed by atoms with Crippen LogP contribution in [0.15, 0.2) is 24.3 Å². The van der Waals surface area contributed by atoms with Gasteiger partial charge in [0.05, 0.1) is 18.9 Å². The second kappa shape index (κ2) is 6.22. The van der Waals surface area contributed by atoms with E-state index in [4.69, 9.17) is 14.7 Å². The summed E-state index contributed by atoms with van der Waals surface area (Å²) in [4.78, 5) is 9.45. The summed E-state index contributed by atoms with van der Waals surface area (Å²) in [6.45, 7) is 6.43. The Hall–Kier alpha value is -1.94. The SMILES string of the molecule is CCNc1nc(-c2ccc(CC)cc2)nc2c1COCC2. The van der Waals surface area contributed by atoms with Crippen molar-refractivity contribution in [2.45, 2.75) is 33.3 Å². The van der Waals surface area contributed by atoms with Gasteiger partial charge in [0.2, 0.25) is 0 Å². The van der Waals surface area contributed by atoms with Crippen molar-refractivity contribution in [3.05, 3.63) is 41.1 Å². The summed E-state index contributed by atoms with van der Waals surface area (Å²) in [5.74, 6) is 1.71. The van der Waals surface area contributed by atoms with Gasteiger partial charge in [-0.1, -0.05) is 31.2 Å². The number of nitrogens with zero attached hydrogens (tertiary/aromatic N) is 2. The lowest BCUT2D eigenvalue weighted by atomic mass is 10.1. The molecule has 4 heteroatoms. The molecule has 4 nitrogen and oxygen atoms in total. The Balaban J connectivity index is 2.03. The summed E-state index contributed by atoms with van der Waals surface area (Å²) in [5.41, 5.74) is 4.62. The second-order valence-electron chi connectivity index (χ2n) is 5.20. The van der Waals surface area contributed by atoms with Gasteiger partial charge in [0.1, 0.15) is 5.82 Å². The number of benzene rings is 1. The van der Waals surface area contributed by atoms with Crippen molar-refractivity contribution in [1.29, 1.82) is 0 Å². The number of hydrogen-bond donors (Lipinski definition) is 1. The van der Waals surface area contributed by atoms with Crippen molar-refractivity contribution in [1.82, 2.24) is 9.97 Å². The zero-order chi connectivity index (χ0) is 14.7. The van der Waals surface area contributed by atoms with Crippen molar-refractivity contribution >= 4 is 5.82 Å². The minimum absolute atomic E-state index is 0.604. The number of rotatable bonds is 4. The van der Waals surface area contributed by atoms with Crippen LogP contribution in [0, 0.1) is 0 Å². The van der Waals surface area contributed by atoms with Crippen LogP contribution < -0.4 is 5.32 Å². The van der Waals surface area contributed by atoms with Gasteiger partial charge in [-0.15, -0.1) is 0 Å². The van der Waals surface area contributed by atoms with Gasteiger partial charge in [0.15, 0.2) is 5.82 Å². The number of aryl methyl sites for hydroxylation is 1. The van der Waals surface area contributed by atoms with Crippen molar-refractivity contribution in [2.75, 3.05) is 18.5 Å². The van der Waals surface area contributed by atoms with Crippen LogP contribution in [-0.4, -0.2) is 23.1 Å². The first-order chi connectivity index (χ1) is 10.3. The summed E-state index contributed by atoms with van der Waals surface area (Å²) in [6, 6.07) is 8.51. The summed E-state index contributed by atoms with van der Waals surface area (Å²) in [7, 11) is 0. The molecule has 0 bridgehead atoms. The Bertz CT molecular complexity index is 623. The van der Waals surface area contributed by atoms with Crippen LogP contribution in [0.25, 0.3) is 11.4 Å². The van der Waals surface area contributed by atoms with E-state index >= 15 is 0 Å². The zero-order valence-electron chi connectivity index (χ0n) is 12.6. The molecule has 1 N–H and O–H groups in total. The average Bonchev–Trinajstić information content (AvgIpc) is 2.55. The van der Waals surface area contributed by atoms with Crippen molar-refractivity contribution in [2.24, 2.45) is 0 Å². The van der Waals surface area contributed by atoms with Gasteiger partial charge in [-0.2, -0.15) is 0 Å². The van der Waals surface area contributed by atoms with Crippen molar-refractivity contribution in [3.63, 3.8) is 0 Å². The fourth-order valence-corrected chi connectivity index (χ4v) is 2.56. The molecule has 1 aromatic carbocycles. The number of aromatic nitrogens is 2. The largest absolute Gasteiger partial charge is 0.376 e. The Morgan fingerprint density at radius 1 is 1.14 bits per heavy atom. The van der Waals surface area contributed by atoms with Crippen LogP contribution in [-0.2, 0) is 24.2 Å². The number of ether oxygens (including phenoxy) is 1. The lowest BCUT2D eigenvalue weighted by Crippen LogP contribution is -2.17. The Morgan fingerprint density at radius 3 is 2.67 bits per heavy atom.